The number of nitro benzene ring substituents is 1. The van der Waals surface area contributed by atoms with Gasteiger partial charge in [0.15, 0.2) is 0 Å². The van der Waals surface area contributed by atoms with E-state index in [1.54, 1.807) is 25.3 Å². The predicted molar refractivity (Wildman–Crippen MR) is 77.3 cm³/mol. The Morgan fingerprint density at radius 1 is 1.24 bits per heavy atom. The van der Waals surface area contributed by atoms with Crippen LogP contribution < -0.4 is 10.1 Å². The number of nitrogens with one attached hydrogen (secondary N) is 1. The molecule has 0 unspecified atom stereocenters. The van der Waals surface area contributed by atoms with Gasteiger partial charge in [0.1, 0.15) is 11.3 Å². The van der Waals surface area contributed by atoms with Gasteiger partial charge in [-0.1, -0.05) is 24.3 Å². The molecule has 0 atom stereocenters. The van der Waals surface area contributed by atoms with E-state index in [1.807, 2.05) is 12.1 Å². The van der Waals surface area contributed by atoms with Gasteiger partial charge in [0.25, 0.3) is 11.6 Å². The molecular weight excluding hydrogens is 272 g/mol. The van der Waals surface area contributed by atoms with Crippen molar-refractivity contribution < 1.29 is 14.5 Å². The summed E-state index contributed by atoms with van der Waals surface area (Å²) in [5.74, 6) is 0.206. The molecule has 0 aliphatic carbocycles. The smallest absolute Gasteiger partial charge is 0.282 e. The molecule has 0 spiro atoms. The number of rotatable bonds is 5. The van der Waals surface area contributed by atoms with Gasteiger partial charge in [0.05, 0.1) is 12.0 Å². The van der Waals surface area contributed by atoms with Crippen LogP contribution >= 0.6 is 0 Å². The van der Waals surface area contributed by atoms with E-state index in [0.29, 0.717) is 5.75 Å². The highest BCUT2D eigenvalue weighted by Gasteiger charge is 2.18. The van der Waals surface area contributed by atoms with E-state index in [4.69, 9.17) is 4.74 Å². The Kier molecular flexibility index (Phi) is 4.50. The van der Waals surface area contributed by atoms with Crippen molar-refractivity contribution in [2.75, 3.05) is 7.11 Å². The average molecular weight is 286 g/mol. The van der Waals surface area contributed by atoms with Gasteiger partial charge in [-0.15, -0.1) is 0 Å². The second-order valence-corrected chi connectivity index (χ2v) is 4.31. The van der Waals surface area contributed by atoms with Crippen molar-refractivity contribution in [2.24, 2.45) is 0 Å². The van der Waals surface area contributed by atoms with Crippen LogP contribution in [0.15, 0.2) is 48.5 Å². The van der Waals surface area contributed by atoms with Crippen LogP contribution in [0.25, 0.3) is 0 Å². The van der Waals surface area contributed by atoms with Crippen LogP contribution in [0.5, 0.6) is 5.75 Å². The molecule has 0 heterocycles. The summed E-state index contributed by atoms with van der Waals surface area (Å²) in [7, 11) is 1.56. The lowest BCUT2D eigenvalue weighted by Gasteiger charge is -2.07. The van der Waals surface area contributed by atoms with Gasteiger partial charge < -0.3 is 10.1 Å². The van der Waals surface area contributed by atoms with Crippen molar-refractivity contribution in [3.63, 3.8) is 0 Å². The number of ether oxygens (including phenoxy) is 1. The van der Waals surface area contributed by atoms with Crippen molar-refractivity contribution >= 4 is 11.6 Å². The molecule has 0 aliphatic heterocycles. The highest BCUT2D eigenvalue weighted by molar-refractivity contribution is 5.98. The van der Waals surface area contributed by atoms with Gasteiger partial charge in [0, 0.05) is 12.6 Å². The molecule has 0 radical (unpaired) electrons. The number of nitrogens with zero attached hydrogens (tertiary/aromatic N) is 1. The Hall–Kier alpha value is -2.89. The highest BCUT2D eigenvalue weighted by atomic mass is 16.6. The zero-order valence-corrected chi connectivity index (χ0v) is 11.4. The maximum atomic E-state index is 12.1. The monoisotopic (exact) mass is 286 g/mol. The standard InChI is InChI=1S/C15H14N2O4/c1-21-12-6-4-5-11(9-12)10-16-15(18)13-7-2-3-8-14(13)17(19)20/h2-9H,10H2,1H3,(H,16,18). The number of hydrogen-bond acceptors (Lipinski definition) is 4. The summed E-state index contributed by atoms with van der Waals surface area (Å²) in [5.41, 5.74) is 0.687. The molecular formula is C15H14N2O4. The summed E-state index contributed by atoms with van der Waals surface area (Å²) in [4.78, 5) is 22.4. The van der Waals surface area contributed by atoms with E-state index in [1.165, 1.54) is 18.2 Å². The zero-order valence-electron chi connectivity index (χ0n) is 11.4. The minimum absolute atomic E-state index is 0.0467. The largest absolute Gasteiger partial charge is 0.497 e. The Balaban J connectivity index is 2.10. The summed E-state index contributed by atoms with van der Waals surface area (Å²) < 4.78 is 5.09. The molecule has 0 bridgehead atoms. The molecule has 6 heteroatoms. The normalized spacial score (nSPS) is 9.95. The number of methoxy groups -OCH3 is 1. The Bertz CT molecular complexity index is 670. The molecule has 1 N–H and O–H groups in total. The van der Waals surface area contributed by atoms with Crippen LogP contribution in [0.2, 0.25) is 0 Å². The topological polar surface area (TPSA) is 81.5 Å². The molecule has 108 valence electrons. The summed E-state index contributed by atoms with van der Waals surface area (Å²) >= 11 is 0. The van der Waals surface area contributed by atoms with Crippen LogP contribution in [0.1, 0.15) is 15.9 Å². The summed E-state index contributed by atoms with van der Waals surface area (Å²) in [6.45, 7) is 0.266. The second kappa shape index (κ2) is 6.51. The van der Waals surface area contributed by atoms with Crippen LogP contribution in [0.3, 0.4) is 0 Å². The van der Waals surface area contributed by atoms with E-state index < -0.39 is 10.8 Å². The van der Waals surface area contributed by atoms with E-state index in [2.05, 4.69) is 5.32 Å². The zero-order chi connectivity index (χ0) is 15.2. The lowest BCUT2D eigenvalue weighted by molar-refractivity contribution is -0.385. The number of nitro groups is 1. The number of carbonyl (C=O) groups excluding carboxylic acids is 1. The second-order valence-electron chi connectivity index (χ2n) is 4.31. The van der Waals surface area contributed by atoms with Gasteiger partial charge in [-0.25, -0.2) is 0 Å². The molecule has 6 nitrogen and oxygen atoms in total. The maximum Gasteiger partial charge on any atom is 0.282 e. The molecule has 0 saturated heterocycles. The van der Waals surface area contributed by atoms with Crippen molar-refractivity contribution in [3.8, 4) is 5.75 Å². The number of carbonyl (C=O) groups is 1. The maximum absolute atomic E-state index is 12.1. The first-order valence-electron chi connectivity index (χ1n) is 6.26. The quantitative estimate of drug-likeness (QED) is 0.676. The Morgan fingerprint density at radius 2 is 2.00 bits per heavy atom. The molecule has 2 aromatic rings. The fourth-order valence-electron chi connectivity index (χ4n) is 1.88. The Labute approximate surface area is 121 Å². The molecule has 0 aliphatic rings. The molecule has 0 aromatic heterocycles. The third kappa shape index (κ3) is 3.56. The Morgan fingerprint density at radius 3 is 2.71 bits per heavy atom. The van der Waals surface area contributed by atoms with E-state index in [0.717, 1.165) is 5.56 Å². The van der Waals surface area contributed by atoms with Gasteiger partial charge in [-0.2, -0.15) is 0 Å². The molecule has 1 amide bonds. The summed E-state index contributed by atoms with van der Waals surface area (Å²) in [6, 6.07) is 13.1. The van der Waals surface area contributed by atoms with E-state index >= 15 is 0 Å². The minimum atomic E-state index is -0.569. The van der Waals surface area contributed by atoms with Crippen molar-refractivity contribution in [3.05, 3.63) is 69.8 Å². The number of hydrogen-bond donors (Lipinski definition) is 1. The van der Waals surface area contributed by atoms with Crippen molar-refractivity contribution in [1.29, 1.82) is 0 Å². The molecule has 0 saturated carbocycles. The minimum Gasteiger partial charge on any atom is -0.497 e. The first-order chi connectivity index (χ1) is 10.1. The van der Waals surface area contributed by atoms with Gasteiger partial charge in [-0.3, -0.25) is 14.9 Å². The molecule has 2 rings (SSSR count). The van der Waals surface area contributed by atoms with Gasteiger partial charge >= 0.3 is 0 Å². The molecule has 21 heavy (non-hydrogen) atoms. The lowest BCUT2D eigenvalue weighted by Crippen LogP contribution is -2.23. The number of amides is 1. The van der Waals surface area contributed by atoms with Gasteiger partial charge in [0.2, 0.25) is 0 Å². The van der Waals surface area contributed by atoms with Crippen molar-refractivity contribution in [2.45, 2.75) is 6.54 Å². The summed E-state index contributed by atoms with van der Waals surface area (Å²) in [6.07, 6.45) is 0. The summed E-state index contributed by atoms with van der Waals surface area (Å²) in [5, 5.41) is 13.6. The third-order valence-corrected chi connectivity index (χ3v) is 2.93. The van der Waals surface area contributed by atoms with Crippen molar-refractivity contribution in [1.82, 2.24) is 5.32 Å². The SMILES string of the molecule is COc1cccc(CNC(=O)c2ccccc2[N+](=O)[O-])c1. The first-order valence-corrected chi connectivity index (χ1v) is 6.26. The highest BCUT2D eigenvalue weighted by Crippen LogP contribution is 2.18. The molecule has 0 fully saturated rings. The first kappa shape index (κ1) is 14.5. The van der Waals surface area contributed by atoms with E-state index in [9.17, 15) is 14.9 Å². The third-order valence-electron chi connectivity index (χ3n) is 2.93. The predicted octanol–water partition coefficient (Wildman–Crippen LogP) is 2.53. The number of para-hydroxylation sites is 1. The van der Waals surface area contributed by atoms with Gasteiger partial charge in [-0.05, 0) is 23.8 Å². The van der Waals surface area contributed by atoms with Crippen LogP contribution in [-0.2, 0) is 6.54 Å². The average Bonchev–Trinajstić information content (AvgIpc) is 2.52. The van der Waals surface area contributed by atoms with Crippen LogP contribution in [-0.4, -0.2) is 17.9 Å². The van der Waals surface area contributed by atoms with Crippen LogP contribution in [0, 0.1) is 10.1 Å². The van der Waals surface area contributed by atoms with Crippen LogP contribution in [0.4, 0.5) is 5.69 Å². The lowest BCUT2D eigenvalue weighted by atomic mass is 10.1. The fourth-order valence-corrected chi connectivity index (χ4v) is 1.88. The number of benzene rings is 2. The van der Waals surface area contributed by atoms with E-state index in [-0.39, 0.29) is 17.8 Å². The fraction of sp³-hybridized carbons (Fsp3) is 0.133. The molecule has 2 aromatic carbocycles.